The fourth-order valence-corrected chi connectivity index (χ4v) is 2.42. The lowest BCUT2D eigenvalue weighted by atomic mass is 10.2. The molecule has 0 saturated heterocycles. The summed E-state index contributed by atoms with van der Waals surface area (Å²) in [7, 11) is 0. The van der Waals surface area contributed by atoms with Crippen molar-refractivity contribution in [2.24, 2.45) is 5.84 Å². The van der Waals surface area contributed by atoms with E-state index < -0.39 is 22.8 Å². The monoisotopic (exact) mass is 317 g/mol. The van der Waals surface area contributed by atoms with Crippen LogP contribution in [0.15, 0.2) is 12.4 Å². The van der Waals surface area contributed by atoms with E-state index >= 15 is 0 Å². The van der Waals surface area contributed by atoms with Crippen molar-refractivity contribution < 1.29 is 18.0 Å². The summed E-state index contributed by atoms with van der Waals surface area (Å²) in [6, 6.07) is 0. The number of nitrogens with zero attached hydrogens (tertiary/aromatic N) is 3. The van der Waals surface area contributed by atoms with Gasteiger partial charge in [-0.15, -0.1) is 11.3 Å². The Kier molecular flexibility index (Phi) is 4.19. The van der Waals surface area contributed by atoms with Gasteiger partial charge in [0, 0.05) is 24.4 Å². The molecular formula is C11H10F3N5OS. The fraction of sp³-hybridized carbons (Fsp3) is 0.273. The first kappa shape index (κ1) is 15.3. The van der Waals surface area contributed by atoms with Gasteiger partial charge in [0.15, 0.2) is 5.01 Å². The lowest BCUT2D eigenvalue weighted by Gasteiger charge is -2.01. The third kappa shape index (κ3) is 3.16. The number of aryl methyl sites for hydroxylation is 1. The number of hydrogen-bond acceptors (Lipinski definition) is 6. The Labute approximate surface area is 121 Å². The molecule has 0 radical (unpaired) electrons. The number of nitrogens with two attached hydrogens (primary N) is 1. The van der Waals surface area contributed by atoms with Crippen LogP contribution >= 0.6 is 11.3 Å². The number of rotatable bonds is 3. The summed E-state index contributed by atoms with van der Waals surface area (Å²) >= 11 is 0.344. The minimum Gasteiger partial charge on any atom is -0.289 e. The van der Waals surface area contributed by atoms with Gasteiger partial charge in [-0.25, -0.2) is 20.8 Å². The third-order valence-electron chi connectivity index (χ3n) is 2.50. The summed E-state index contributed by atoms with van der Waals surface area (Å²) < 4.78 is 38.2. The highest BCUT2D eigenvalue weighted by Crippen LogP contribution is 2.38. The number of nitrogen functional groups attached to an aromatic ring is 1. The number of thiazole rings is 1. The van der Waals surface area contributed by atoms with Gasteiger partial charge in [-0.3, -0.25) is 10.2 Å². The highest BCUT2D eigenvalue weighted by Gasteiger charge is 2.37. The SMILES string of the molecule is CCc1ncc(-c2sc(C(F)(F)F)nc2C(=O)NN)cn1. The van der Waals surface area contributed by atoms with Crippen LogP contribution in [0.4, 0.5) is 13.2 Å². The maximum absolute atomic E-state index is 12.7. The van der Waals surface area contributed by atoms with Crippen LogP contribution in [0.25, 0.3) is 10.4 Å². The van der Waals surface area contributed by atoms with Gasteiger partial charge in [0.25, 0.3) is 5.91 Å². The first-order chi connectivity index (χ1) is 9.86. The van der Waals surface area contributed by atoms with Crippen LogP contribution in [0.5, 0.6) is 0 Å². The molecular weight excluding hydrogens is 307 g/mol. The van der Waals surface area contributed by atoms with Gasteiger partial charge in [0.05, 0.1) is 4.88 Å². The molecule has 0 aliphatic carbocycles. The zero-order valence-corrected chi connectivity index (χ0v) is 11.5. The molecule has 2 aromatic rings. The van der Waals surface area contributed by atoms with Gasteiger partial charge in [0.1, 0.15) is 11.5 Å². The molecule has 0 aliphatic heterocycles. The summed E-state index contributed by atoms with van der Waals surface area (Å²) in [5.41, 5.74) is 1.65. The Morgan fingerprint density at radius 3 is 2.48 bits per heavy atom. The summed E-state index contributed by atoms with van der Waals surface area (Å²) in [6.07, 6.45) is -1.34. The van der Waals surface area contributed by atoms with Crippen molar-refractivity contribution in [3.63, 3.8) is 0 Å². The number of hydrazine groups is 1. The van der Waals surface area contributed by atoms with Crippen molar-refractivity contribution in [3.8, 4) is 10.4 Å². The second kappa shape index (κ2) is 5.74. The normalized spacial score (nSPS) is 11.5. The smallest absolute Gasteiger partial charge is 0.289 e. The van der Waals surface area contributed by atoms with Crippen LogP contribution < -0.4 is 11.3 Å². The number of carbonyl (C=O) groups is 1. The van der Waals surface area contributed by atoms with E-state index in [2.05, 4.69) is 15.0 Å². The maximum Gasteiger partial charge on any atom is 0.443 e. The topological polar surface area (TPSA) is 93.8 Å². The quantitative estimate of drug-likeness (QED) is 0.511. The van der Waals surface area contributed by atoms with Crippen LogP contribution in [0, 0.1) is 0 Å². The van der Waals surface area contributed by atoms with E-state index in [0.29, 0.717) is 23.6 Å². The average Bonchev–Trinajstić information content (AvgIpc) is 2.91. The molecule has 21 heavy (non-hydrogen) atoms. The molecule has 2 aromatic heterocycles. The number of alkyl halides is 3. The number of halogens is 3. The molecule has 1 amide bonds. The molecule has 0 saturated carbocycles. The minimum atomic E-state index is -4.64. The number of carbonyl (C=O) groups excluding carboxylic acids is 1. The predicted octanol–water partition coefficient (Wildman–Crippen LogP) is 1.78. The third-order valence-corrected chi connectivity index (χ3v) is 3.65. The minimum absolute atomic E-state index is 0.0212. The highest BCUT2D eigenvalue weighted by molar-refractivity contribution is 7.15. The Hall–Kier alpha value is -2.07. The van der Waals surface area contributed by atoms with Gasteiger partial charge in [0.2, 0.25) is 0 Å². The summed E-state index contributed by atoms with van der Waals surface area (Å²) in [6.45, 7) is 1.84. The fourth-order valence-electron chi connectivity index (χ4n) is 1.51. The van der Waals surface area contributed by atoms with Gasteiger partial charge in [-0.05, 0) is 0 Å². The molecule has 0 aliphatic rings. The number of amides is 1. The second-order valence-corrected chi connectivity index (χ2v) is 4.91. The Morgan fingerprint density at radius 1 is 1.38 bits per heavy atom. The average molecular weight is 317 g/mol. The predicted molar refractivity (Wildman–Crippen MR) is 69.2 cm³/mol. The van der Waals surface area contributed by atoms with Gasteiger partial charge in [-0.2, -0.15) is 13.2 Å². The van der Waals surface area contributed by atoms with Crippen molar-refractivity contribution in [2.75, 3.05) is 0 Å². The van der Waals surface area contributed by atoms with Crippen molar-refractivity contribution in [2.45, 2.75) is 19.5 Å². The summed E-state index contributed by atoms with van der Waals surface area (Å²) in [4.78, 5) is 22.9. The van der Waals surface area contributed by atoms with E-state index in [4.69, 9.17) is 5.84 Å². The van der Waals surface area contributed by atoms with Crippen molar-refractivity contribution in [1.82, 2.24) is 20.4 Å². The Bertz CT molecular complexity index is 653. The summed E-state index contributed by atoms with van der Waals surface area (Å²) in [5, 5.41) is -1.13. The van der Waals surface area contributed by atoms with Crippen LogP contribution in [0.2, 0.25) is 0 Å². The molecule has 0 spiro atoms. The first-order valence-electron chi connectivity index (χ1n) is 5.77. The standard InChI is InChI=1S/C11H10F3N5OS/c1-2-6-16-3-5(4-17-6)8-7(9(20)19-15)18-10(21-8)11(12,13)14/h3-4H,2,15H2,1H3,(H,19,20). The first-order valence-corrected chi connectivity index (χ1v) is 6.58. The van der Waals surface area contributed by atoms with Gasteiger partial charge in [-0.1, -0.05) is 6.92 Å². The molecule has 0 atom stereocenters. The Balaban J connectivity index is 2.54. The molecule has 0 aromatic carbocycles. The van der Waals surface area contributed by atoms with E-state index in [9.17, 15) is 18.0 Å². The molecule has 0 bridgehead atoms. The largest absolute Gasteiger partial charge is 0.443 e. The molecule has 2 rings (SSSR count). The lowest BCUT2D eigenvalue weighted by molar-refractivity contribution is -0.137. The second-order valence-electron chi connectivity index (χ2n) is 3.91. The molecule has 0 fully saturated rings. The molecule has 10 heteroatoms. The molecule has 2 heterocycles. The van der Waals surface area contributed by atoms with E-state index in [1.54, 1.807) is 5.43 Å². The van der Waals surface area contributed by atoms with Crippen LogP contribution in [0.1, 0.15) is 28.2 Å². The van der Waals surface area contributed by atoms with Crippen molar-refractivity contribution in [1.29, 1.82) is 0 Å². The van der Waals surface area contributed by atoms with Crippen LogP contribution in [0.3, 0.4) is 0 Å². The van der Waals surface area contributed by atoms with E-state index in [-0.39, 0.29) is 10.4 Å². The van der Waals surface area contributed by atoms with Gasteiger partial charge >= 0.3 is 6.18 Å². The maximum atomic E-state index is 12.7. The molecule has 3 N–H and O–H groups in total. The number of aromatic nitrogens is 3. The van der Waals surface area contributed by atoms with E-state index in [1.165, 1.54) is 12.4 Å². The molecule has 112 valence electrons. The molecule has 0 unspecified atom stereocenters. The zero-order valence-electron chi connectivity index (χ0n) is 10.7. The number of nitrogens with one attached hydrogen (secondary N) is 1. The van der Waals surface area contributed by atoms with Crippen molar-refractivity contribution in [3.05, 3.63) is 28.9 Å². The van der Waals surface area contributed by atoms with Crippen LogP contribution in [-0.2, 0) is 12.6 Å². The van der Waals surface area contributed by atoms with E-state index in [0.717, 1.165) is 0 Å². The number of hydrogen-bond donors (Lipinski definition) is 2. The van der Waals surface area contributed by atoms with E-state index in [1.807, 2.05) is 6.92 Å². The zero-order chi connectivity index (χ0) is 15.6. The Morgan fingerprint density at radius 2 is 2.00 bits per heavy atom. The van der Waals surface area contributed by atoms with Crippen LogP contribution in [-0.4, -0.2) is 20.9 Å². The highest BCUT2D eigenvalue weighted by atomic mass is 32.1. The van der Waals surface area contributed by atoms with Gasteiger partial charge < -0.3 is 0 Å². The summed E-state index contributed by atoms with van der Waals surface area (Å²) in [5.74, 6) is 4.61. The lowest BCUT2D eigenvalue weighted by Crippen LogP contribution is -2.30. The van der Waals surface area contributed by atoms with Crippen molar-refractivity contribution >= 4 is 17.2 Å². The molecule has 6 nitrogen and oxygen atoms in total.